The van der Waals surface area contributed by atoms with Gasteiger partial charge in [0.25, 0.3) is 5.69 Å². The van der Waals surface area contributed by atoms with Gasteiger partial charge in [-0.2, -0.15) is 0 Å². The first-order valence-corrected chi connectivity index (χ1v) is 8.53. The highest BCUT2D eigenvalue weighted by Crippen LogP contribution is 2.21. The molecule has 1 fully saturated rings. The number of rotatable bonds is 4. The molecule has 1 aliphatic heterocycles. The number of esters is 1. The summed E-state index contributed by atoms with van der Waals surface area (Å²) in [6.45, 7) is 6.26. The maximum Gasteiger partial charge on any atom is 0.410 e. The van der Waals surface area contributed by atoms with Gasteiger partial charge in [0, 0.05) is 25.2 Å². The van der Waals surface area contributed by atoms with Crippen molar-refractivity contribution in [3.8, 4) is 0 Å². The van der Waals surface area contributed by atoms with Crippen molar-refractivity contribution in [2.24, 2.45) is 5.92 Å². The van der Waals surface area contributed by atoms with Crippen molar-refractivity contribution in [1.29, 1.82) is 0 Å². The summed E-state index contributed by atoms with van der Waals surface area (Å²) < 4.78 is 10.7. The van der Waals surface area contributed by atoms with Crippen LogP contribution in [0.5, 0.6) is 0 Å². The summed E-state index contributed by atoms with van der Waals surface area (Å²) in [5.74, 6) is -0.772. The second-order valence-corrected chi connectivity index (χ2v) is 7.30. The third-order valence-corrected chi connectivity index (χ3v) is 3.93. The van der Waals surface area contributed by atoms with Gasteiger partial charge in [-0.25, -0.2) is 4.79 Å². The van der Waals surface area contributed by atoms with E-state index in [0.717, 1.165) is 0 Å². The van der Waals surface area contributed by atoms with E-state index in [0.29, 0.717) is 24.9 Å². The van der Waals surface area contributed by atoms with Crippen molar-refractivity contribution in [2.75, 3.05) is 13.1 Å². The second kappa shape index (κ2) is 8.16. The first-order valence-electron chi connectivity index (χ1n) is 8.53. The van der Waals surface area contributed by atoms with E-state index < -0.39 is 22.5 Å². The minimum absolute atomic E-state index is 0.0136. The summed E-state index contributed by atoms with van der Waals surface area (Å²) in [6, 6.07) is 5.85. The van der Waals surface area contributed by atoms with E-state index in [2.05, 4.69) is 0 Å². The highest BCUT2D eigenvalue weighted by Gasteiger charge is 2.31. The van der Waals surface area contributed by atoms with Crippen molar-refractivity contribution < 1.29 is 24.0 Å². The number of nitro benzene ring substituents is 1. The van der Waals surface area contributed by atoms with Crippen LogP contribution in [0.3, 0.4) is 0 Å². The molecule has 0 radical (unpaired) electrons. The summed E-state index contributed by atoms with van der Waals surface area (Å²) in [6.07, 6.45) is 0.931. The number of non-ortho nitro benzene ring substituents is 1. The Kier molecular flexibility index (Phi) is 6.18. The second-order valence-electron chi connectivity index (χ2n) is 7.30. The Balaban J connectivity index is 1.86. The van der Waals surface area contributed by atoms with Gasteiger partial charge in [-0.15, -0.1) is 0 Å². The van der Waals surface area contributed by atoms with Crippen LogP contribution in [0.15, 0.2) is 24.3 Å². The van der Waals surface area contributed by atoms with E-state index in [4.69, 9.17) is 9.47 Å². The first-order chi connectivity index (χ1) is 12.2. The maximum atomic E-state index is 12.3. The molecule has 0 N–H and O–H groups in total. The molecule has 0 saturated carbocycles. The Morgan fingerprint density at radius 3 is 2.50 bits per heavy atom. The van der Waals surface area contributed by atoms with Gasteiger partial charge in [0.1, 0.15) is 12.2 Å². The molecule has 1 aromatic rings. The molecule has 0 bridgehead atoms. The number of ether oxygens (including phenoxy) is 2. The van der Waals surface area contributed by atoms with Crippen LogP contribution in [0.2, 0.25) is 0 Å². The Hall–Kier alpha value is -2.64. The molecule has 0 aromatic heterocycles. The van der Waals surface area contributed by atoms with Crippen LogP contribution < -0.4 is 0 Å². The van der Waals surface area contributed by atoms with Gasteiger partial charge < -0.3 is 14.4 Å². The fraction of sp³-hybridized carbons (Fsp3) is 0.556. The lowest BCUT2D eigenvalue weighted by Gasteiger charge is -2.33. The first kappa shape index (κ1) is 19.7. The lowest BCUT2D eigenvalue weighted by molar-refractivity contribution is -0.384. The molecule has 1 aromatic carbocycles. The number of carbonyl (C=O) groups is 2. The molecule has 142 valence electrons. The molecule has 1 aliphatic rings. The number of benzene rings is 1. The van der Waals surface area contributed by atoms with E-state index >= 15 is 0 Å². The van der Waals surface area contributed by atoms with E-state index in [1.165, 1.54) is 17.0 Å². The van der Waals surface area contributed by atoms with Gasteiger partial charge in [0.2, 0.25) is 0 Å². The molecule has 0 spiro atoms. The highest BCUT2D eigenvalue weighted by atomic mass is 16.6. The monoisotopic (exact) mass is 364 g/mol. The fourth-order valence-electron chi connectivity index (χ4n) is 2.65. The smallest absolute Gasteiger partial charge is 0.410 e. The number of likely N-dealkylation sites (tertiary alicyclic amines) is 1. The highest BCUT2D eigenvalue weighted by molar-refractivity contribution is 5.75. The lowest BCUT2D eigenvalue weighted by Crippen LogP contribution is -2.45. The number of hydrogen-bond acceptors (Lipinski definition) is 6. The predicted octanol–water partition coefficient (Wildman–Crippen LogP) is 3.29. The standard InChI is InChI=1S/C18H24N2O6/c1-18(2,3)26-17(22)19-10-4-5-14(11-19)16(21)25-12-13-6-8-15(9-7-13)20(23)24/h6-9,14H,4-5,10-12H2,1-3H3/t14-/m0/s1. The third-order valence-electron chi connectivity index (χ3n) is 3.93. The Labute approximate surface area is 152 Å². The van der Waals surface area contributed by atoms with Crippen LogP contribution >= 0.6 is 0 Å². The van der Waals surface area contributed by atoms with Crippen LogP contribution in [0, 0.1) is 16.0 Å². The summed E-state index contributed by atoms with van der Waals surface area (Å²) in [5, 5.41) is 10.6. The van der Waals surface area contributed by atoms with Crippen molar-refractivity contribution in [3.63, 3.8) is 0 Å². The molecule has 1 amide bonds. The number of hydrogen-bond donors (Lipinski definition) is 0. The van der Waals surface area contributed by atoms with E-state index in [-0.39, 0.29) is 24.8 Å². The molecule has 1 saturated heterocycles. The largest absolute Gasteiger partial charge is 0.461 e. The SMILES string of the molecule is CC(C)(C)OC(=O)N1CCC[C@H](C(=O)OCc2ccc([N+](=O)[O-])cc2)C1. The number of carbonyl (C=O) groups excluding carboxylic acids is 2. The van der Waals surface area contributed by atoms with Gasteiger partial charge in [0.15, 0.2) is 0 Å². The maximum absolute atomic E-state index is 12.3. The molecule has 26 heavy (non-hydrogen) atoms. The van der Waals surface area contributed by atoms with Crippen LogP contribution in [-0.2, 0) is 20.9 Å². The average Bonchev–Trinajstić information content (AvgIpc) is 2.58. The zero-order chi connectivity index (χ0) is 19.3. The Morgan fingerprint density at radius 1 is 1.27 bits per heavy atom. The van der Waals surface area contributed by atoms with Gasteiger partial charge in [-0.1, -0.05) is 0 Å². The summed E-state index contributed by atoms with van der Waals surface area (Å²) in [7, 11) is 0. The van der Waals surface area contributed by atoms with Crippen LogP contribution in [0.4, 0.5) is 10.5 Å². The van der Waals surface area contributed by atoms with Gasteiger partial charge >= 0.3 is 12.1 Å². The lowest BCUT2D eigenvalue weighted by atomic mass is 9.98. The average molecular weight is 364 g/mol. The Bertz CT molecular complexity index is 665. The third kappa shape index (κ3) is 5.72. The molecule has 1 heterocycles. The van der Waals surface area contributed by atoms with Gasteiger partial charge in [-0.05, 0) is 51.3 Å². The van der Waals surface area contributed by atoms with Crippen LogP contribution in [-0.4, -0.2) is 40.6 Å². The summed E-state index contributed by atoms with van der Waals surface area (Å²) in [5.41, 5.74) is 0.0737. The summed E-state index contributed by atoms with van der Waals surface area (Å²) in [4.78, 5) is 36.1. The van der Waals surface area contributed by atoms with Crippen LogP contribution in [0.1, 0.15) is 39.2 Å². The number of amides is 1. The quantitative estimate of drug-likeness (QED) is 0.462. The van der Waals surface area contributed by atoms with E-state index in [1.54, 1.807) is 32.9 Å². The van der Waals surface area contributed by atoms with E-state index in [9.17, 15) is 19.7 Å². The normalized spacial score (nSPS) is 17.5. The van der Waals surface area contributed by atoms with Crippen molar-refractivity contribution in [1.82, 2.24) is 4.90 Å². The van der Waals surface area contributed by atoms with Crippen molar-refractivity contribution in [2.45, 2.75) is 45.8 Å². The molecule has 0 aliphatic carbocycles. The van der Waals surface area contributed by atoms with Gasteiger partial charge in [-0.3, -0.25) is 14.9 Å². The molecular formula is C18H24N2O6. The molecule has 2 rings (SSSR count). The molecule has 0 unspecified atom stereocenters. The number of piperidine rings is 1. The predicted molar refractivity (Wildman–Crippen MR) is 93.4 cm³/mol. The van der Waals surface area contributed by atoms with Crippen molar-refractivity contribution in [3.05, 3.63) is 39.9 Å². The Morgan fingerprint density at radius 2 is 1.92 bits per heavy atom. The number of nitrogens with zero attached hydrogens (tertiary/aromatic N) is 2. The zero-order valence-electron chi connectivity index (χ0n) is 15.3. The molecule has 1 atom stereocenters. The van der Waals surface area contributed by atoms with Crippen LogP contribution in [0.25, 0.3) is 0 Å². The fourth-order valence-corrected chi connectivity index (χ4v) is 2.65. The summed E-state index contributed by atoms with van der Waals surface area (Å²) >= 11 is 0. The number of nitro groups is 1. The molecule has 8 heteroatoms. The minimum atomic E-state index is -0.583. The topological polar surface area (TPSA) is 99.0 Å². The zero-order valence-corrected chi connectivity index (χ0v) is 15.3. The molecular weight excluding hydrogens is 340 g/mol. The minimum Gasteiger partial charge on any atom is -0.461 e. The van der Waals surface area contributed by atoms with Crippen molar-refractivity contribution >= 4 is 17.7 Å². The van der Waals surface area contributed by atoms with E-state index in [1.807, 2.05) is 0 Å². The molecule has 8 nitrogen and oxygen atoms in total. The van der Waals surface area contributed by atoms with Gasteiger partial charge in [0.05, 0.1) is 10.8 Å².